The van der Waals surface area contributed by atoms with Gasteiger partial charge in [0, 0.05) is 29.7 Å². The first kappa shape index (κ1) is 21.3. The minimum absolute atomic E-state index is 0.0970. The van der Waals surface area contributed by atoms with Gasteiger partial charge in [-0.2, -0.15) is 0 Å². The third-order valence-corrected chi connectivity index (χ3v) is 7.74. The second-order valence-corrected chi connectivity index (χ2v) is 10.4. The van der Waals surface area contributed by atoms with Crippen molar-refractivity contribution >= 4 is 5.78 Å². The van der Waals surface area contributed by atoms with E-state index in [1.165, 1.54) is 19.3 Å². The molecule has 0 spiro atoms. The molecule has 2 aliphatic rings. The zero-order chi connectivity index (χ0) is 20.7. The van der Waals surface area contributed by atoms with Crippen LogP contribution in [0.25, 0.3) is 0 Å². The van der Waals surface area contributed by atoms with Crippen LogP contribution in [0.5, 0.6) is 5.75 Å². The smallest absolute Gasteiger partial charge is 0.133 e. The van der Waals surface area contributed by atoms with E-state index in [0.29, 0.717) is 24.2 Å². The highest BCUT2D eigenvalue weighted by Gasteiger charge is 2.56. The molecule has 2 atom stereocenters. The molecule has 0 saturated heterocycles. The molecule has 156 valence electrons. The van der Waals surface area contributed by atoms with Crippen LogP contribution in [0.1, 0.15) is 110 Å². The van der Waals surface area contributed by atoms with E-state index in [1.54, 1.807) is 6.07 Å². The summed E-state index contributed by atoms with van der Waals surface area (Å²) in [4.78, 5) is 12.2. The van der Waals surface area contributed by atoms with E-state index >= 15 is 4.39 Å². The van der Waals surface area contributed by atoms with Crippen LogP contribution in [0.2, 0.25) is 0 Å². The number of benzene rings is 1. The van der Waals surface area contributed by atoms with Gasteiger partial charge in [0.15, 0.2) is 0 Å². The molecule has 1 aliphatic heterocycles. The summed E-state index contributed by atoms with van der Waals surface area (Å²) >= 11 is 0. The lowest BCUT2D eigenvalue weighted by molar-refractivity contribution is -0.131. The van der Waals surface area contributed by atoms with E-state index in [0.717, 1.165) is 24.8 Å². The van der Waals surface area contributed by atoms with Crippen molar-refractivity contribution in [2.24, 2.45) is 5.41 Å². The van der Waals surface area contributed by atoms with E-state index in [2.05, 4.69) is 47.6 Å². The van der Waals surface area contributed by atoms with E-state index < -0.39 is 5.60 Å². The van der Waals surface area contributed by atoms with Gasteiger partial charge in [-0.1, -0.05) is 53.4 Å². The summed E-state index contributed by atoms with van der Waals surface area (Å²) in [6.45, 7) is 13.0. The van der Waals surface area contributed by atoms with Crippen LogP contribution in [0.4, 0.5) is 4.39 Å². The number of rotatable bonds is 6. The normalized spacial score (nSPS) is 26.4. The lowest BCUT2D eigenvalue weighted by Crippen LogP contribution is -2.55. The van der Waals surface area contributed by atoms with E-state index in [1.807, 2.05) is 0 Å². The number of halogens is 1. The van der Waals surface area contributed by atoms with E-state index in [-0.39, 0.29) is 28.3 Å². The van der Waals surface area contributed by atoms with Crippen LogP contribution in [0.3, 0.4) is 0 Å². The van der Waals surface area contributed by atoms with Crippen molar-refractivity contribution in [3.63, 3.8) is 0 Å². The number of ketones is 1. The van der Waals surface area contributed by atoms with Gasteiger partial charge in [-0.05, 0) is 49.8 Å². The van der Waals surface area contributed by atoms with Gasteiger partial charge >= 0.3 is 0 Å². The van der Waals surface area contributed by atoms with Gasteiger partial charge in [0.2, 0.25) is 0 Å². The molecule has 0 amide bonds. The summed E-state index contributed by atoms with van der Waals surface area (Å²) < 4.78 is 21.9. The van der Waals surface area contributed by atoms with Crippen LogP contribution in [0, 0.1) is 11.2 Å². The molecule has 2 nitrogen and oxygen atoms in total. The molecule has 1 saturated carbocycles. The van der Waals surface area contributed by atoms with Crippen LogP contribution >= 0.6 is 0 Å². The average molecular weight is 389 g/mol. The maximum Gasteiger partial charge on any atom is 0.133 e. The summed E-state index contributed by atoms with van der Waals surface area (Å²) in [6.07, 6.45) is 7.63. The van der Waals surface area contributed by atoms with Crippen molar-refractivity contribution in [2.45, 2.75) is 110 Å². The first-order valence-corrected chi connectivity index (χ1v) is 11.1. The Hall–Kier alpha value is -1.38. The maximum atomic E-state index is 15.4. The Labute approximate surface area is 170 Å². The van der Waals surface area contributed by atoms with Gasteiger partial charge in [-0.3, -0.25) is 4.79 Å². The number of Topliss-reactive ketones (excluding diaryl/α,β-unsaturated/α-hetero) is 1. The molecule has 28 heavy (non-hydrogen) atoms. The minimum Gasteiger partial charge on any atom is -0.487 e. The monoisotopic (exact) mass is 388 g/mol. The molecule has 1 aromatic rings. The molecule has 0 unspecified atom stereocenters. The molecular weight excluding hydrogens is 351 g/mol. The van der Waals surface area contributed by atoms with Crippen molar-refractivity contribution in [2.75, 3.05) is 0 Å². The number of unbranched alkanes of at least 4 members (excludes halogenated alkanes) is 3. The van der Waals surface area contributed by atoms with Crippen molar-refractivity contribution in [3.05, 3.63) is 29.1 Å². The van der Waals surface area contributed by atoms with Crippen molar-refractivity contribution in [1.82, 2.24) is 0 Å². The van der Waals surface area contributed by atoms with E-state index in [9.17, 15) is 4.79 Å². The molecule has 0 bridgehead atoms. The lowest BCUT2D eigenvalue weighted by Gasteiger charge is -2.55. The quantitative estimate of drug-likeness (QED) is 0.486. The maximum absolute atomic E-state index is 15.4. The summed E-state index contributed by atoms with van der Waals surface area (Å²) in [5, 5.41) is 0. The molecule has 0 N–H and O–H groups in total. The average Bonchev–Trinajstić information content (AvgIpc) is 2.60. The zero-order valence-corrected chi connectivity index (χ0v) is 18.6. The Bertz CT molecular complexity index is 749. The molecular formula is C25H37FO2. The first-order valence-electron chi connectivity index (χ1n) is 11.1. The number of ether oxygens (including phenoxy) is 1. The molecule has 1 aliphatic carbocycles. The number of carbonyl (C=O) groups is 1. The predicted molar refractivity (Wildman–Crippen MR) is 113 cm³/mol. The van der Waals surface area contributed by atoms with Crippen molar-refractivity contribution in [3.8, 4) is 5.75 Å². The number of hydrogen-bond donors (Lipinski definition) is 0. The Morgan fingerprint density at radius 3 is 2.57 bits per heavy atom. The van der Waals surface area contributed by atoms with Crippen molar-refractivity contribution < 1.29 is 13.9 Å². The lowest BCUT2D eigenvalue weighted by atomic mass is 9.56. The highest BCUT2D eigenvalue weighted by atomic mass is 19.1. The molecule has 1 heterocycles. The number of fused-ring (bicyclic) bond motifs is 3. The minimum atomic E-state index is -0.429. The summed E-state index contributed by atoms with van der Waals surface area (Å²) in [6, 6.07) is 3.76. The van der Waals surface area contributed by atoms with Gasteiger partial charge in [-0.15, -0.1) is 0 Å². The standard InChI is InChI=1S/C25H37FO2/c1-7-8-9-10-12-23(2,3)17-14-20(26)22-19-16-18(27)11-13-25(19,6)24(4,5)28-21(22)15-17/h14-15,19H,7-13,16H2,1-6H3/t19-,25+/m0/s1. The van der Waals surface area contributed by atoms with Gasteiger partial charge in [0.25, 0.3) is 0 Å². The molecule has 1 fully saturated rings. The Morgan fingerprint density at radius 1 is 1.18 bits per heavy atom. The molecule has 0 aromatic heterocycles. The van der Waals surface area contributed by atoms with Crippen molar-refractivity contribution in [1.29, 1.82) is 0 Å². The summed E-state index contributed by atoms with van der Waals surface area (Å²) in [5.41, 5.74) is 0.871. The van der Waals surface area contributed by atoms with Gasteiger partial charge < -0.3 is 4.74 Å². The van der Waals surface area contributed by atoms with E-state index in [4.69, 9.17) is 4.74 Å². The Kier molecular flexibility index (Phi) is 5.68. The molecule has 3 heteroatoms. The number of hydrogen-bond acceptors (Lipinski definition) is 2. The van der Waals surface area contributed by atoms with Crippen LogP contribution in [0.15, 0.2) is 12.1 Å². The second kappa shape index (κ2) is 7.46. The Balaban J connectivity index is 1.98. The topological polar surface area (TPSA) is 26.3 Å². The SMILES string of the molecule is CCCCCCC(C)(C)c1cc(F)c2c(c1)OC(C)(C)[C@]1(C)CCC(=O)C[C@@H]21. The number of carbonyl (C=O) groups excluding carboxylic acids is 1. The Morgan fingerprint density at radius 2 is 1.89 bits per heavy atom. The fourth-order valence-electron chi connectivity index (χ4n) is 5.21. The van der Waals surface area contributed by atoms with Gasteiger partial charge in [0.1, 0.15) is 23.0 Å². The third kappa shape index (κ3) is 3.62. The van der Waals surface area contributed by atoms with Crippen LogP contribution in [-0.2, 0) is 10.2 Å². The van der Waals surface area contributed by atoms with Gasteiger partial charge in [-0.25, -0.2) is 4.39 Å². The summed E-state index contributed by atoms with van der Waals surface area (Å²) in [5.74, 6) is 0.592. The first-order chi connectivity index (χ1) is 13.0. The largest absolute Gasteiger partial charge is 0.487 e. The summed E-state index contributed by atoms with van der Waals surface area (Å²) in [7, 11) is 0. The van der Waals surface area contributed by atoms with Gasteiger partial charge in [0.05, 0.1) is 0 Å². The highest BCUT2D eigenvalue weighted by Crippen LogP contribution is 2.59. The second-order valence-electron chi connectivity index (χ2n) is 10.4. The fourth-order valence-corrected chi connectivity index (χ4v) is 5.21. The zero-order valence-electron chi connectivity index (χ0n) is 18.6. The predicted octanol–water partition coefficient (Wildman–Crippen LogP) is 7.09. The third-order valence-electron chi connectivity index (χ3n) is 7.74. The highest BCUT2D eigenvalue weighted by molar-refractivity contribution is 5.81. The van der Waals surface area contributed by atoms with Crippen LogP contribution < -0.4 is 4.74 Å². The fraction of sp³-hybridized carbons (Fsp3) is 0.720. The molecule has 0 radical (unpaired) electrons. The molecule has 1 aromatic carbocycles. The molecule has 3 rings (SSSR count). The van der Waals surface area contributed by atoms with Crippen LogP contribution in [-0.4, -0.2) is 11.4 Å².